The first-order valence-corrected chi connectivity index (χ1v) is 8.96. The maximum Gasteiger partial charge on any atom is 0.263 e. The van der Waals surface area contributed by atoms with Gasteiger partial charge < -0.3 is 14.8 Å². The lowest BCUT2D eigenvalue weighted by atomic mass is 10.2. The van der Waals surface area contributed by atoms with Crippen LogP contribution in [0, 0.1) is 13.8 Å². The number of amides is 1. The summed E-state index contributed by atoms with van der Waals surface area (Å²) in [6, 6.07) is 0. The van der Waals surface area contributed by atoms with E-state index in [2.05, 4.69) is 24.8 Å². The van der Waals surface area contributed by atoms with Gasteiger partial charge in [-0.25, -0.2) is 15.0 Å². The van der Waals surface area contributed by atoms with Crippen LogP contribution >= 0.6 is 0 Å². The monoisotopic (exact) mass is 354 g/mol. The number of aromatic nitrogens is 4. The highest BCUT2D eigenvalue weighted by Crippen LogP contribution is 2.37. The number of anilines is 1. The zero-order valence-corrected chi connectivity index (χ0v) is 15.0. The van der Waals surface area contributed by atoms with Gasteiger partial charge in [0, 0.05) is 49.6 Å². The molecule has 1 aliphatic heterocycles. The minimum atomic E-state index is -0.336. The Balaban J connectivity index is 1.45. The summed E-state index contributed by atoms with van der Waals surface area (Å²) in [7, 11) is 0. The molecule has 1 amide bonds. The van der Waals surface area contributed by atoms with Gasteiger partial charge in [-0.2, -0.15) is 0 Å². The number of hydrogen-bond acceptors (Lipinski definition) is 6. The summed E-state index contributed by atoms with van der Waals surface area (Å²) in [6.07, 6.45) is 5.11. The van der Waals surface area contributed by atoms with Gasteiger partial charge in [0.15, 0.2) is 0 Å². The summed E-state index contributed by atoms with van der Waals surface area (Å²) in [5.74, 6) is 1.72. The molecule has 4 rings (SSSR count). The van der Waals surface area contributed by atoms with Crippen LogP contribution in [0.3, 0.4) is 0 Å². The molecule has 0 bridgehead atoms. The number of hydrogen-bond donors (Lipinski definition) is 1. The van der Waals surface area contributed by atoms with E-state index in [9.17, 15) is 9.59 Å². The fraction of sp³-hybridized carbons (Fsp3) is 0.500. The summed E-state index contributed by atoms with van der Waals surface area (Å²) in [6.45, 7) is 6.42. The second-order valence-electron chi connectivity index (χ2n) is 6.97. The van der Waals surface area contributed by atoms with Crippen LogP contribution < -0.4 is 10.5 Å². The molecule has 0 radical (unpaired) electrons. The van der Waals surface area contributed by atoms with Crippen LogP contribution in [0.1, 0.15) is 46.2 Å². The van der Waals surface area contributed by atoms with Crippen molar-refractivity contribution in [1.82, 2.24) is 24.8 Å². The molecular weight excluding hydrogens is 332 g/mol. The number of H-pyrrole nitrogens is 1. The first kappa shape index (κ1) is 16.7. The van der Waals surface area contributed by atoms with Crippen molar-refractivity contribution in [3.8, 4) is 0 Å². The molecule has 0 aromatic carbocycles. The fourth-order valence-electron chi connectivity index (χ4n) is 3.26. The van der Waals surface area contributed by atoms with Crippen LogP contribution in [-0.4, -0.2) is 56.9 Å². The third kappa shape index (κ3) is 3.07. The van der Waals surface area contributed by atoms with E-state index in [4.69, 9.17) is 0 Å². The lowest BCUT2D eigenvalue weighted by Crippen LogP contribution is -2.50. The van der Waals surface area contributed by atoms with Crippen molar-refractivity contribution in [2.45, 2.75) is 32.6 Å². The van der Waals surface area contributed by atoms with Crippen molar-refractivity contribution in [2.24, 2.45) is 0 Å². The Morgan fingerprint density at radius 2 is 1.85 bits per heavy atom. The van der Waals surface area contributed by atoms with Crippen LogP contribution in [0.4, 0.5) is 5.82 Å². The molecule has 1 saturated carbocycles. The summed E-state index contributed by atoms with van der Waals surface area (Å²) >= 11 is 0. The first-order chi connectivity index (χ1) is 12.5. The molecule has 2 aromatic heterocycles. The van der Waals surface area contributed by atoms with E-state index < -0.39 is 0 Å². The summed E-state index contributed by atoms with van der Waals surface area (Å²) in [5, 5.41) is 0. The Kier molecular flexibility index (Phi) is 4.18. The second-order valence-corrected chi connectivity index (χ2v) is 6.97. The second kappa shape index (κ2) is 6.51. The number of carbonyl (C=O) groups is 1. The number of carbonyl (C=O) groups excluding carboxylic acids is 1. The quantitative estimate of drug-likeness (QED) is 0.884. The Labute approximate surface area is 151 Å². The standard InChI is InChI=1S/C18H22N6O2/c1-11-12(2)20-10-21-16(11)23-5-7-24(8-6-23)18(26)14-9-19-15(13-3-4-13)22-17(14)25/h9-10,13H,3-8H2,1-2H3,(H,19,22,25). The molecule has 3 heterocycles. The molecule has 2 fully saturated rings. The Bertz CT molecular complexity index is 897. The molecule has 8 heteroatoms. The van der Waals surface area contributed by atoms with E-state index in [0.29, 0.717) is 37.9 Å². The molecule has 8 nitrogen and oxygen atoms in total. The lowest BCUT2D eigenvalue weighted by molar-refractivity contribution is 0.0744. The van der Waals surface area contributed by atoms with E-state index in [1.54, 1.807) is 11.2 Å². The average Bonchev–Trinajstić information content (AvgIpc) is 3.49. The molecule has 0 atom stereocenters. The molecule has 26 heavy (non-hydrogen) atoms. The number of rotatable bonds is 3. The highest BCUT2D eigenvalue weighted by Gasteiger charge is 2.29. The minimum Gasteiger partial charge on any atom is -0.353 e. The van der Waals surface area contributed by atoms with Gasteiger partial charge in [-0.1, -0.05) is 0 Å². The number of aromatic amines is 1. The molecule has 1 N–H and O–H groups in total. The largest absolute Gasteiger partial charge is 0.353 e. The van der Waals surface area contributed by atoms with Gasteiger partial charge >= 0.3 is 0 Å². The Morgan fingerprint density at radius 3 is 2.50 bits per heavy atom. The van der Waals surface area contributed by atoms with E-state index in [1.165, 1.54) is 6.20 Å². The molecular formula is C18H22N6O2. The third-order valence-electron chi connectivity index (χ3n) is 5.19. The van der Waals surface area contributed by atoms with Gasteiger partial charge in [-0.05, 0) is 26.7 Å². The van der Waals surface area contributed by atoms with Crippen LogP contribution in [0.5, 0.6) is 0 Å². The van der Waals surface area contributed by atoms with E-state index in [1.807, 2.05) is 13.8 Å². The topological polar surface area (TPSA) is 95.1 Å². The van der Waals surface area contributed by atoms with Gasteiger partial charge in [-0.15, -0.1) is 0 Å². The first-order valence-electron chi connectivity index (χ1n) is 8.96. The zero-order chi connectivity index (χ0) is 18.3. The molecule has 2 aliphatic rings. The van der Waals surface area contributed by atoms with Crippen LogP contribution in [-0.2, 0) is 0 Å². The molecule has 1 aliphatic carbocycles. The zero-order valence-electron chi connectivity index (χ0n) is 15.0. The average molecular weight is 354 g/mol. The van der Waals surface area contributed by atoms with Crippen molar-refractivity contribution in [1.29, 1.82) is 0 Å². The summed E-state index contributed by atoms with van der Waals surface area (Å²) in [5.41, 5.74) is 1.80. The van der Waals surface area contributed by atoms with Crippen LogP contribution in [0.2, 0.25) is 0 Å². The van der Waals surface area contributed by atoms with E-state index >= 15 is 0 Å². The van der Waals surface area contributed by atoms with E-state index in [0.717, 1.165) is 29.9 Å². The summed E-state index contributed by atoms with van der Waals surface area (Å²) < 4.78 is 0. The van der Waals surface area contributed by atoms with Crippen molar-refractivity contribution >= 4 is 11.7 Å². The Morgan fingerprint density at radius 1 is 1.12 bits per heavy atom. The van der Waals surface area contributed by atoms with Crippen LogP contribution in [0.25, 0.3) is 0 Å². The van der Waals surface area contributed by atoms with Gasteiger partial charge in [0.05, 0.1) is 0 Å². The van der Waals surface area contributed by atoms with Crippen molar-refractivity contribution < 1.29 is 4.79 Å². The number of nitrogens with one attached hydrogen (secondary N) is 1. The Hall–Kier alpha value is -2.77. The fourth-order valence-corrected chi connectivity index (χ4v) is 3.26. The van der Waals surface area contributed by atoms with Gasteiger partial charge in [0.1, 0.15) is 23.5 Å². The molecule has 0 unspecified atom stereocenters. The highest BCUT2D eigenvalue weighted by atomic mass is 16.2. The smallest absolute Gasteiger partial charge is 0.263 e. The highest BCUT2D eigenvalue weighted by molar-refractivity contribution is 5.93. The maximum atomic E-state index is 12.7. The number of piperazine rings is 1. The van der Waals surface area contributed by atoms with Crippen molar-refractivity contribution in [3.05, 3.63) is 45.5 Å². The number of nitrogens with zero attached hydrogens (tertiary/aromatic N) is 5. The van der Waals surface area contributed by atoms with Crippen LogP contribution in [0.15, 0.2) is 17.3 Å². The third-order valence-corrected chi connectivity index (χ3v) is 5.19. The predicted molar refractivity (Wildman–Crippen MR) is 96.5 cm³/mol. The van der Waals surface area contributed by atoms with Crippen molar-refractivity contribution in [3.63, 3.8) is 0 Å². The van der Waals surface area contributed by atoms with Gasteiger partial charge in [0.2, 0.25) is 0 Å². The van der Waals surface area contributed by atoms with Gasteiger partial charge in [0.25, 0.3) is 11.5 Å². The van der Waals surface area contributed by atoms with Crippen molar-refractivity contribution in [2.75, 3.05) is 31.1 Å². The van der Waals surface area contributed by atoms with Gasteiger partial charge in [-0.3, -0.25) is 9.59 Å². The minimum absolute atomic E-state index is 0.122. The normalized spacial score (nSPS) is 17.5. The molecule has 0 spiro atoms. The maximum absolute atomic E-state index is 12.7. The predicted octanol–water partition coefficient (Wildman–Crippen LogP) is 1.02. The number of aryl methyl sites for hydroxylation is 1. The molecule has 136 valence electrons. The molecule has 2 aromatic rings. The molecule has 1 saturated heterocycles. The lowest BCUT2D eigenvalue weighted by Gasteiger charge is -2.36. The van der Waals surface area contributed by atoms with E-state index in [-0.39, 0.29) is 17.0 Å². The summed E-state index contributed by atoms with van der Waals surface area (Å²) in [4.78, 5) is 44.4. The SMILES string of the molecule is Cc1ncnc(N2CCN(C(=O)c3cnc(C4CC4)[nH]c3=O)CC2)c1C.